The number of amides is 2. The fraction of sp³-hybridized carbons (Fsp3) is 0.867. The van der Waals surface area contributed by atoms with E-state index in [2.05, 4.69) is 17.1 Å². The Morgan fingerprint density at radius 1 is 1.43 bits per heavy atom. The Kier molecular flexibility index (Phi) is 7.11. The fourth-order valence-corrected chi connectivity index (χ4v) is 2.52. The minimum absolute atomic E-state index is 0.00170. The Morgan fingerprint density at radius 2 is 2.10 bits per heavy atom. The molecule has 1 fully saturated rings. The largest absolute Gasteiger partial charge is 0.352 e. The van der Waals surface area contributed by atoms with Crippen LogP contribution in [0.4, 0.5) is 0 Å². The maximum atomic E-state index is 12.3. The van der Waals surface area contributed by atoms with Gasteiger partial charge in [0.25, 0.3) is 0 Å². The number of likely N-dealkylation sites (tertiary alicyclic amines) is 1. The van der Waals surface area contributed by atoms with Crippen LogP contribution in [0.1, 0.15) is 34.1 Å². The molecular weight excluding hydrogens is 268 g/mol. The van der Waals surface area contributed by atoms with E-state index in [-0.39, 0.29) is 30.4 Å². The van der Waals surface area contributed by atoms with Gasteiger partial charge in [0.2, 0.25) is 11.8 Å². The van der Waals surface area contributed by atoms with Gasteiger partial charge in [-0.15, -0.1) is 0 Å². The van der Waals surface area contributed by atoms with Gasteiger partial charge in [-0.1, -0.05) is 6.92 Å². The molecule has 0 bridgehead atoms. The summed E-state index contributed by atoms with van der Waals surface area (Å²) in [7, 11) is 0. The molecule has 6 nitrogen and oxygen atoms in total. The van der Waals surface area contributed by atoms with Gasteiger partial charge in [0.1, 0.15) is 0 Å². The van der Waals surface area contributed by atoms with Gasteiger partial charge in [0.05, 0.1) is 13.1 Å². The third kappa shape index (κ3) is 6.01. The second kappa shape index (κ2) is 8.34. The standard InChI is InChI=1S/C15H30N4O2/c1-5-19(9-14(20)17-11(2)3)15(21)10-18-7-6-12(4)13(16)8-18/h11-13H,5-10,16H2,1-4H3,(H,17,20). The number of piperidine rings is 1. The molecule has 6 heteroatoms. The summed E-state index contributed by atoms with van der Waals surface area (Å²) in [5.74, 6) is 0.401. The van der Waals surface area contributed by atoms with Gasteiger partial charge in [-0.3, -0.25) is 14.5 Å². The summed E-state index contributed by atoms with van der Waals surface area (Å²) in [5.41, 5.74) is 6.06. The third-order valence-corrected chi connectivity index (χ3v) is 3.98. The lowest BCUT2D eigenvalue weighted by Crippen LogP contribution is -2.52. The van der Waals surface area contributed by atoms with Crippen LogP contribution in [0.2, 0.25) is 0 Å². The minimum Gasteiger partial charge on any atom is -0.352 e. The van der Waals surface area contributed by atoms with Crippen molar-refractivity contribution in [3.63, 3.8) is 0 Å². The van der Waals surface area contributed by atoms with Crippen LogP contribution in [0, 0.1) is 5.92 Å². The SMILES string of the molecule is CCN(CC(=O)NC(C)C)C(=O)CN1CCC(C)C(N)C1. The third-order valence-electron chi connectivity index (χ3n) is 3.98. The zero-order valence-corrected chi connectivity index (χ0v) is 13.8. The lowest BCUT2D eigenvalue weighted by atomic mass is 9.94. The predicted octanol–water partition coefficient (Wildman–Crippen LogP) is 0.0286. The van der Waals surface area contributed by atoms with E-state index >= 15 is 0 Å². The number of nitrogens with zero attached hydrogens (tertiary/aromatic N) is 2. The molecule has 2 unspecified atom stereocenters. The van der Waals surface area contributed by atoms with Crippen molar-refractivity contribution in [2.75, 3.05) is 32.7 Å². The maximum Gasteiger partial charge on any atom is 0.239 e. The quantitative estimate of drug-likeness (QED) is 0.725. The number of carbonyl (C=O) groups is 2. The van der Waals surface area contributed by atoms with E-state index in [0.29, 0.717) is 19.0 Å². The molecule has 2 amide bonds. The highest BCUT2D eigenvalue weighted by Crippen LogP contribution is 2.15. The summed E-state index contributed by atoms with van der Waals surface area (Å²) in [6.07, 6.45) is 1.02. The Bertz CT molecular complexity index is 360. The molecule has 1 aliphatic heterocycles. The van der Waals surface area contributed by atoms with Crippen molar-refractivity contribution in [2.24, 2.45) is 11.7 Å². The molecule has 0 aliphatic carbocycles. The van der Waals surface area contributed by atoms with Crippen molar-refractivity contribution in [2.45, 2.75) is 46.2 Å². The average molecular weight is 298 g/mol. The van der Waals surface area contributed by atoms with E-state index in [1.165, 1.54) is 0 Å². The first-order valence-electron chi connectivity index (χ1n) is 7.88. The van der Waals surface area contributed by atoms with E-state index in [1.54, 1.807) is 4.90 Å². The van der Waals surface area contributed by atoms with Gasteiger partial charge in [-0.25, -0.2) is 0 Å². The molecule has 3 N–H and O–H groups in total. The lowest BCUT2D eigenvalue weighted by molar-refractivity contribution is -0.137. The number of carbonyl (C=O) groups excluding carboxylic acids is 2. The predicted molar refractivity (Wildman–Crippen MR) is 83.7 cm³/mol. The number of nitrogens with one attached hydrogen (secondary N) is 1. The van der Waals surface area contributed by atoms with Crippen LogP contribution in [0.15, 0.2) is 0 Å². The molecule has 122 valence electrons. The number of nitrogens with two attached hydrogens (primary N) is 1. The van der Waals surface area contributed by atoms with Crippen molar-refractivity contribution in [3.05, 3.63) is 0 Å². The van der Waals surface area contributed by atoms with E-state index < -0.39 is 0 Å². The van der Waals surface area contributed by atoms with Gasteiger partial charge in [-0.05, 0) is 39.7 Å². The highest BCUT2D eigenvalue weighted by atomic mass is 16.2. The molecule has 1 aliphatic rings. The zero-order chi connectivity index (χ0) is 16.0. The zero-order valence-electron chi connectivity index (χ0n) is 13.8. The summed E-state index contributed by atoms with van der Waals surface area (Å²) in [5, 5.41) is 2.81. The lowest BCUT2D eigenvalue weighted by Gasteiger charge is -2.35. The highest BCUT2D eigenvalue weighted by Gasteiger charge is 2.26. The van der Waals surface area contributed by atoms with Crippen molar-refractivity contribution in [3.8, 4) is 0 Å². The molecule has 0 aromatic rings. The summed E-state index contributed by atoms with van der Waals surface area (Å²) in [4.78, 5) is 27.8. The molecule has 0 aromatic carbocycles. The van der Waals surface area contributed by atoms with E-state index in [1.807, 2.05) is 20.8 Å². The van der Waals surface area contributed by atoms with Crippen molar-refractivity contribution >= 4 is 11.8 Å². The van der Waals surface area contributed by atoms with Gasteiger partial charge in [0.15, 0.2) is 0 Å². The van der Waals surface area contributed by atoms with Crippen molar-refractivity contribution in [1.29, 1.82) is 0 Å². The van der Waals surface area contributed by atoms with Crippen LogP contribution >= 0.6 is 0 Å². The average Bonchev–Trinajstić information content (AvgIpc) is 2.39. The first kappa shape index (κ1) is 17.9. The molecule has 0 spiro atoms. The normalized spacial score (nSPS) is 23.1. The smallest absolute Gasteiger partial charge is 0.239 e. The summed E-state index contributed by atoms with van der Waals surface area (Å²) in [6, 6.07) is 0.221. The van der Waals surface area contributed by atoms with Crippen molar-refractivity contribution < 1.29 is 9.59 Å². The van der Waals surface area contributed by atoms with Crippen LogP contribution in [0.3, 0.4) is 0 Å². The Labute approximate surface area is 128 Å². The fourth-order valence-electron chi connectivity index (χ4n) is 2.52. The second-order valence-corrected chi connectivity index (χ2v) is 6.30. The molecule has 1 saturated heterocycles. The molecule has 0 aromatic heterocycles. The Morgan fingerprint density at radius 3 is 2.62 bits per heavy atom. The molecule has 1 heterocycles. The number of hydrogen-bond acceptors (Lipinski definition) is 4. The molecule has 2 atom stereocenters. The first-order valence-corrected chi connectivity index (χ1v) is 7.88. The summed E-state index contributed by atoms with van der Waals surface area (Å²) >= 11 is 0. The van der Waals surface area contributed by atoms with Crippen molar-refractivity contribution in [1.82, 2.24) is 15.1 Å². The molecule has 0 saturated carbocycles. The van der Waals surface area contributed by atoms with Gasteiger partial charge in [0, 0.05) is 25.2 Å². The summed E-state index contributed by atoms with van der Waals surface area (Å²) in [6.45, 7) is 10.5. The maximum absolute atomic E-state index is 12.3. The van der Waals surface area contributed by atoms with Crippen LogP contribution in [0.25, 0.3) is 0 Å². The van der Waals surface area contributed by atoms with E-state index in [4.69, 9.17) is 5.73 Å². The molecule has 21 heavy (non-hydrogen) atoms. The van der Waals surface area contributed by atoms with Gasteiger partial charge in [-0.2, -0.15) is 0 Å². The van der Waals surface area contributed by atoms with E-state index in [0.717, 1.165) is 19.5 Å². The number of rotatable bonds is 6. The van der Waals surface area contributed by atoms with Crippen LogP contribution < -0.4 is 11.1 Å². The second-order valence-electron chi connectivity index (χ2n) is 6.30. The molecule has 0 radical (unpaired) electrons. The van der Waals surface area contributed by atoms with Gasteiger partial charge >= 0.3 is 0 Å². The summed E-state index contributed by atoms with van der Waals surface area (Å²) < 4.78 is 0. The molecular formula is C15H30N4O2. The number of hydrogen-bond donors (Lipinski definition) is 2. The Hall–Kier alpha value is -1.14. The van der Waals surface area contributed by atoms with Crippen LogP contribution in [-0.2, 0) is 9.59 Å². The Balaban J connectivity index is 2.46. The van der Waals surface area contributed by atoms with E-state index in [9.17, 15) is 9.59 Å². The minimum atomic E-state index is -0.107. The topological polar surface area (TPSA) is 78.7 Å². The van der Waals surface area contributed by atoms with Crippen LogP contribution in [0.5, 0.6) is 0 Å². The highest BCUT2D eigenvalue weighted by molar-refractivity contribution is 5.85. The molecule has 1 rings (SSSR count). The monoisotopic (exact) mass is 298 g/mol. The van der Waals surface area contributed by atoms with Crippen LogP contribution in [-0.4, -0.2) is 66.4 Å². The first-order chi connectivity index (χ1) is 9.83. The van der Waals surface area contributed by atoms with Gasteiger partial charge < -0.3 is 16.0 Å². The number of likely N-dealkylation sites (N-methyl/N-ethyl adjacent to an activating group) is 1.